The summed E-state index contributed by atoms with van der Waals surface area (Å²) < 4.78 is 5.62. The van der Waals surface area contributed by atoms with Crippen molar-refractivity contribution in [1.82, 2.24) is 0 Å². The normalized spacial score (nSPS) is 14.1. The highest BCUT2D eigenvalue weighted by atomic mass is 35.5. The zero-order chi connectivity index (χ0) is 9.54. The van der Waals surface area contributed by atoms with Crippen LogP contribution < -0.4 is 5.32 Å². The molecule has 1 aromatic carbocycles. The summed E-state index contributed by atoms with van der Waals surface area (Å²) in [6, 6.07) is 5.70. The molecule has 0 aliphatic carbocycles. The Labute approximate surface area is 86.2 Å². The number of furan rings is 1. The van der Waals surface area contributed by atoms with E-state index in [4.69, 9.17) is 16.0 Å². The van der Waals surface area contributed by atoms with E-state index in [9.17, 15) is 0 Å². The number of hydrogen-bond donors (Lipinski definition) is 1. The third-order valence-electron chi connectivity index (χ3n) is 2.36. The van der Waals surface area contributed by atoms with Crippen molar-refractivity contribution in [1.29, 1.82) is 0 Å². The lowest BCUT2D eigenvalue weighted by molar-refractivity contribution is 0.628. The van der Waals surface area contributed by atoms with Gasteiger partial charge in [0.05, 0.1) is 0 Å². The maximum Gasteiger partial charge on any atom is 0.201 e. The second kappa shape index (κ2) is 2.79. The first-order valence-corrected chi connectivity index (χ1v) is 4.85. The molecule has 0 fully saturated rings. The van der Waals surface area contributed by atoms with Crippen molar-refractivity contribution in [2.45, 2.75) is 0 Å². The number of benzene rings is 1. The van der Waals surface area contributed by atoms with Gasteiger partial charge >= 0.3 is 0 Å². The van der Waals surface area contributed by atoms with E-state index >= 15 is 0 Å². The fraction of sp³-hybridized carbons (Fsp3) is 0.0909. The second-order valence-electron chi connectivity index (χ2n) is 3.27. The summed E-state index contributed by atoms with van der Waals surface area (Å²) in [4.78, 5) is 0. The Morgan fingerprint density at radius 1 is 1.36 bits per heavy atom. The topological polar surface area (TPSA) is 25.2 Å². The molecule has 1 aliphatic rings. The van der Waals surface area contributed by atoms with Crippen molar-refractivity contribution in [2.75, 3.05) is 11.9 Å². The van der Waals surface area contributed by atoms with Crippen LogP contribution in [-0.4, -0.2) is 6.54 Å². The van der Waals surface area contributed by atoms with Crippen LogP contribution >= 0.6 is 11.6 Å². The Hall–Kier alpha value is -1.41. The van der Waals surface area contributed by atoms with Crippen LogP contribution in [0.2, 0.25) is 5.02 Å². The van der Waals surface area contributed by atoms with Gasteiger partial charge in [0, 0.05) is 28.6 Å². The van der Waals surface area contributed by atoms with Gasteiger partial charge in [-0.25, -0.2) is 0 Å². The summed E-state index contributed by atoms with van der Waals surface area (Å²) in [5.74, 6) is 0.838. The monoisotopic (exact) mass is 205 g/mol. The Morgan fingerprint density at radius 2 is 2.29 bits per heavy atom. The quantitative estimate of drug-likeness (QED) is 0.712. The van der Waals surface area contributed by atoms with Crippen molar-refractivity contribution in [2.24, 2.45) is 0 Å². The molecular formula is C11H8ClNO. The molecule has 0 radical (unpaired) electrons. The summed E-state index contributed by atoms with van der Waals surface area (Å²) >= 11 is 5.88. The Balaban J connectivity index is 2.38. The standard InChI is InChI=1S/C11H8ClNO/c12-7-3-4-8-9-2-1-5-13-11(9)14-10(8)6-7/h1-4,6,13H,5H2. The Kier molecular flexibility index (Phi) is 1.58. The molecule has 1 N–H and O–H groups in total. The van der Waals surface area contributed by atoms with Gasteiger partial charge in [-0.15, -0.1) is 0 Å². The van der Waals surface area contributed by atoms with E-state index in [2.05, 4.69) is 17.5 Å². The van der Waals surface area contributed by atoms with Crippen molar-refractivity contribution in [3.8, 4) is 0 Å². The average molecular weight is 206 g/mol. The third kappa shape index (κ3) is 1.04. The lowest BCUT2D eigenvalue weighted by atomic mass is 10.1. The average Bonchev–Trinajstić information content (AvgIpc) is 2.54. The van der Waals surface area contributed by atoms with Gasteiger partial charge in [0.2, 0.25) is 5.88 Å². The van der Waals surface area contributed by atoms with Crippen LogP contribution in [0.15, 0.2) is 28.7 Å². The number of fused-ring (bicyclic) bond motifs is 3. The van der Waals surface area contributed by atoms with Gasteiger partial charge in [-0.3, -0.25) is 0 Å². The summed E-state index contributed by atoms with van der Waals surface area (Å²) in [6.45, 7) is 0.820. The minimum atomic E-state index is 0.701. The number of anilines is 1. The molecule has 0 saturated carbocycles. The molecule has 2 nitrogen and oxygen atoms in total. The molecular weight excluding hydrogens is 198 g/mol. The number of nitrogens with one attached hydrogen (secondary N) is 1. The number of halogens is 1. The van der Waals surface area contributed by atoms with Crippen LogP contribution in [0.4, 0.5) is 5.88 Å². The highest BCUT2D eigenvalue weighted by Crippen LogP contribution is 2.33. The van der Waals surface area contributed by atoms with Crippen molar-refractivity contribution in [3.05, 3.63) is 34.9 Å². The van der Waals surface area contributed by atoms with Gasteiger partial charge < -0.3 is 9.73 Å². The highest BCUT2D eigenvalue weighted by molar-refractivity contribution is 6.31. The molecule has 2 heterocycles. The fourth-order valence-corrected chi connectivity index (χ4v) is 1.88. The molecule has 14 heavy (non-hydrogen) atoms. The molecule has 0 saturated heterocycles. The zero-order valence-electron chi connectivity index (χ0n) is 7.38. The number of rotatable bonds is 0. The minimum absolute atomic E-state index is 0.701. The van der Waals surface area contributed by atoms with Crippen LogP contribution in [0, 0.1) is 0 Å². The van der Waals surface area contributed by atoms with Crippen molar-refractivity contribution < 1.29 is 4.42 Å². The first-order chi connectivity index (χ1) is 6.84. The van der Waals surface area contributed by atoms with Gasteiger partial charge in [0.25, 0.3) is 0 Å². The van der Waals surface area contributed by atoms with E-state index in [0.717, 1.165) is 29.0 Å². The molecule has 3 rings (SSSR count). The summed E-state index contributed by atoms with van der Waals surface area (Å²) in [6.07, 6.45) is 4.15. The fourth-order valence-electron chi connectivity index (χ4n) is 1.72. The van der Waals surface area contributed by atoms with Crippen molar-refractivity contribution in [3.63, 3.8) is 0 Å². The Bertz CT molecular complexity index is 527. The van der Waals surface area contributed by atoms with Gasteiger partial charge in [0.15, 0.2) is 0 Å². The zero-order valence-corrected chi connectivity index (χ0v) is 8.14. The van der Waals surface area contributed by atoms with Crippen LogP contribution in [-0.2, 0) is 0 Å². The molecule has 0 spiro atoms. The maximum atomic E-state index is 5.88. The lowest BCUT2D eigenvalue weighted by Crippen LogP contribution is -2.01. The third-order valence-corrected chi connectivity index (χ3v) is 2.59. The Morgan fingerprint density at radius 3 is 3.21 bits per heavy atom. The molecule has 0 unspecified atom stereocenters. The van der Waals surface area contributed by atoms with Gasteiger partial charge in [-0.2, -0.15) is 0 Å². The predicted molar refractivity (Wildman–Crippen MR) is 58.7 cm³/mol. The molecule has 0 bridgehead atoms. The molecule has 0 amide bonds. The SMILES string of the molecule is Clc1ccc2c3c(oc2c1)NCC=C3. The number of hydrogen-bond acceptors (Lipinski definition) is 2. The van der Waals surface area contributed by atoms with E-state index in [1.165, 1.54) is 0 Å². The molecule has 1 aromatic heterocycles. The first kappa shape index (κ1) is 7.94. The van der Waals surface area contributed by atoms with Gasteiger partial charge in [-0.05, 0) is 12.1 Å². The smallest absolute Gasteiger partial charge is 0.201 e. The minimum Gasteiger partial charge on any atom is -0.440 e. The van der Waals surface area contributed by atoms with Crippen LogP contribution in [0.25, 0.3) is 17.0 Å². The van der Waals surface area contributed by atoms with E-state index < -0.39 is 0 Å². The lowest BCUT2D eigenvalue weighted by Gasteiger charge is -2.04. The molecule has 0 atom stereocenters. The van der Waals surface area contributed by atoms with Gasteiger partial charge in [0.1, 0.15) is 5.58 Å². The molecule has 2 aromatic rings. The molecule has 3 heteroatoms. The van der Waals surface area contributed by atoms with Crippen LogP contribution in [0.3, 0.4) is 0 Å². The molecule has 1 aliphatic heterocycles. The van der Waals surface area contributed by atoms with Crippen LogP contribution in [0.5, 0.6) is 0 Å². The van der Waals surface area contributed by atoms with Crippen LogP contribution in [0.1, 0.15) is 5.56 Å². The van der Waals surface area contributed by atoms with Crippen molar-refractivity contribution >= 4 is 34.5 Å². The second-order valence-corrected chi connectivity index (χ2v) is 3.71. The predicted octanol–water partition coefficient (Wildman–Crippen LogP) is 3.52. The van der Waals surface area contributed by atoms with E-state index in [-0.39, 0.29) is 0 Å². The maximum absolute atomic E-state index is 5.88. The summed E-state index contributed by atoms with van der Waals surface area (Å²) in [7, 11) is 0. The van der Waals surface area contributed by atoms with E-state index in [0.29, 0.717) is 5.02 Å². The van der Waals surface area contributed by atoms with E-state index in [1.807, 2.05) is 18.2 Å². The molecule has 70 valence electrons. The highest BCUT2D eigenvalue weighted by Gasteiger charge is 2.13. The summed E-state index contributed by atoms with van der Waals surface area (Å²) in [5, 5.41) is 4.98. The summed E-state index contributed by atoms with van der Waals surface area (Å²) in [5.41, 5.74) is 1.95. The van der Waals surface area contributed by atoms with Gasteiger partial charge in [-0.1, -0.05) is 23.8 Å². The van der Waals surface area contributed by atoms with E-state index in [1.54, 1.807) is 0 Å². The first-order valence-electron chi connectivity index (χ1n) is 4.47. The largest absolute Gasteiger partial charge is 0.440 e.